The molecule has 1 heterocycles. The maximum absolute atomic E-state index is 5.76. The third-order valence-corrected chi connectivity index (χ3v) is 3.65. The van der Waals surface area contributed by atoms with Gasteiger partial charge in [0.2, 0.25) is 4.77 Å². The molecule has 1 N–H and O–H groups in total. The molecule has 0 aliphatic rings. The van der Waals surface area contributed by atoms with Gasteiger partial charge in [0.15, 0.2) is 5.82 Å². The van der Waals surface area contributed by atoms with Gasteiger partial charge in [-0.05, 0) is 42.8 Å². The van der Waals surface area contributed by atoms with Gasteiger partial charge >= 0.3 is 0 Å². The van der Waals surface area contributed by atoms with Gasteiger partial charge in [-0.2, -0.15) is 14.9 Å². The number of aromatic nitrogens is 3. The summed E-state index contributed by atoms with van der Waals surface area (Å²) in [6.07, 6.45) is 7.09. The Bertz CT molecular complexity index is 690. The van der Waals surface area contributed by atoms with Crippen LogP contribution in [0.4, 0.5) is 0 Å². The smallest absolute Gasteiger partial charge is 0.216 e. The Kier molecular flexibility index (Phi) is 7.00. The molecule has 124 valence electrons. The molecule has 0 spiro atoms. The van der Waals surface area contributed by atoms with Gasteiger partial charge in [0, 0.05) is 6.42 Å². The van der Waals surface area contributed by atoms with E-state index in [0.717, 1.165) is 43.0 Å². The molecule has 2 rings (SSSR count). The number of rotatable bonds is 9. The Morgan fingerprint density at radius 3 is 2.96 bits per heavy atom. The van der Waals surface area contributed by atoms with Crippen LogP contribution in [0.2, 0.25) is 0 Å². The van der Waals surface area contributed by atoms with E-state index in [-0.39, 0.29) is 0 Å². The van der Waals surface area contributed by atoms with Crippen molar-refractivity contribution in [1.29, 1.82) is 0 Å². The van der Waals surface area contributed by atoms with Crippen molar-refractivity contribution in [1.82, 2.24) is 14.9 Å². The molecule has 0 fully saturated rings. The summed E-state index contributed by atoms with van der Waals surface area (Å²) >= 11 is 5.22. The van der Waals surface area contributed by atoms with E-state index in [0.29, 0.717) is 4.77 Å². The molecule has 0 aliphatic heterocycles. The molecular weight excluding hydrogens is 308 g/mol. The molecule has 0 unspecified atom stereocenters. The monoisotopic (exact) mass is 332 g/mol. The maximum Gasteiger partial charge on any atom is 0.216 e. The Labute approximate surface area is 142 Å². The largest absolute Gasteiger partial charge is 0.494 e. The fourth-order valence-corrected chi connectivity index (χ4v) is 2.38. The minimum Gasteiger partial charge on any atom is -0.494 e. The quantitative estimate of drug-likeness (QED) is 0.422. The highest BCUT2D eigenvalue weighted by molar-refractivity contribution is 7.71. The zero-order valence-corrected chi connectivity index (χ0v) is 14.6. The maximum atomic E-state index is 5.76. The number of hydrogen-bond donors (Lipinski definition) is 1. The minimum atomic E-state index is 0.511. The zero-order valence-electron chi connectivity index (χ0n) is 13.8. The van der Waals surface area contributed by atoms with E-state index < -0.39 is 0 Å². The number of nitrogens with one attached hydrogen (secondary N) is 1. The van der Waals surface area contributed by atoms with Crippen LogP contribution in [0.5, 0.6) is 5.75 Å². The third kappa shape index (κ3) is 5.32. The number of aryl methyl sites for hydroxylation is 1. The van der Waals surface area contributed by atoms with Crippen LogP contribution in [-0.2, 0) is 6.42 Å². The molecule has 2 aromatic rings. The van der Waals surface area contributed by atoms with Gasteiger partial charge < -0.3 is 4.74 Å². The van der Waals surface area contributed by atoms with E-state index >= 15 is 0 Å². The molecule has 5 nitrogen and oxygen atoms in total. The second-order valence-electron chi connectivity index (χ2n) is 5.38. The first kappa shape index (κ1) is 17.4. The number of ether oxygens (including phenoxy) is 1. The van der Waals surface area contributed by atoms with E-state index in [4.69, 9.17) is 17.0 Å². The Morgan fingerprint density at radius 2 is 2.17 bits per heavy atom. The molecule has 0 radical (unpaired) electrons. The van der Waals surface area contributed by atoms with Gasteiger partial charge in [-0.25, -0.2) is 0 Å². The first-order valence-corrected chi connectivity index (χ1v) is 8.59. The van der Waals surface area contributed by atoms with Gasteiger partial charge in [0.05, 0.1) is 12.8 Å². The summed E-state index contributed by atoms with van der Waals surface area (Å²) in [4.78, 5) is 0. The lowest BCUT2D eigenvalue weighted by molar-refractivity contribution is 0.306. The zero-order chi connectivity index (χ0) is 16.5. The SMILES string of the molecule is CCCCCOc1cccc(/C=N/n2c(CCC)n[nH]c2=S)c1. The average molecular weight is 332 g/mol. The lowest BCUT2D eigenvalue weighted by Crippen LogP contribution is -1.99. The van der Waals surface area contributed by atoms with Crippen molar-refractivity contribution in [2.45, 2.75) is 46.0 Å². The summed E-state index contributed by atoms with van der Waals surface area (Å²) in [6.45, 7) is 5.04. The van der Waals surface area contributed by atoms with Crippen LogP contribution < -0.4 is 4.74 Å². The standard InChI is InChI=1S/C17H24N4OS/c1-3-5-6-11-22-15-10-7-9-14(12-15)13-18-21-16(8-4-2)19-20-17(21)23/h7,9-10,12-13H,3-6,8,11H2,1-2H3,(H,20,23)/b18-13+. The van der Waals surface area contributed by atoms with Crippen LogP contribution >= 0.6 is 12.2 Å². The van der Waals surface area contributed by atoms with E-state index in [1.54, 1.807) is 10.9 Å². The lowest BCUT2D eigenvalue weighted by atomic mass is 10.2. The molecule has 1 aromatic heterocycles. The number of benzene rings is 1. The van der Waals surface area contributed by atoms with Crippen LogP contribution in [0.3, 0.4) is 0 Å². The molecule has 6 heteroatoms. The van der Waals surface area contributed by atoms with Crippen LogP contribution in [0.15, 0.2) is 29.4 Å². The average Bonchev–Trinajstić information content (AvgIpc) is 2.91. The van der Waals surface area contributed by atoms with E-state index in [2.05, 4.69) is 29.1 Å². The topological polar surface area (TPSA) is 55.2 Å². The number of nitrogens with zero attached hydrogens (tertiary/aromatic N) is 3. The number of hydrogen-bond acceptors (Lipinski definition) is 4. The minimum absolute atomic E-state index is 0.511. The molecule has 0 saturated heterocycles. The van der Waals surface area contributed by atoms with Crippen molar-refractivity contribution in [3.63, 3.8) is 0 Å². The Morgan fingerprint density at radius 1 is 1.30 bits per heavy atom. The van der Waals surface area contributed by atoms with Crippen molar-refractivity contribution >= 4 is 18.4 Å². The highest BCUT2D eigenvalue weighted by atomic mass is 32.1. The van der Waals surface area contributed by atoms with Gasteiger partial charge in [0.25, 0.3) is 0 Å². The van der Waals surface area contributed by atoms with Crippen LogP contribution in [0.25, 0.3) is 0 Å². The van der Waals surface area contributed by atoms with E-state index in [9.17, 15) is 0 Å². The highest BCUT2D eigenvalue weighted by Crippen LogP contribution is 2.13. The number of aromatic amines is 1. The summed E-state index contributed by atoms with van der Waals surface area (Å²) in [5.74, 6) is 1.72. The van der Waals surface area contributed by atoms with Crippen molar-refractivity contribution < 1.29 is 4.74 Å². The second-order valence-corrected chi connectivity index (χ2v) is 5.77. The van der Waals surface area contributed by atoms with E-state index in [1.165, 1.54) is 12.8 Å². The molecule has 0 amide bonds. The summed E-state index contributed by atoms with van der Waals surface area (Å²) < 4.78 is 7.95. The fraction of sp³-hybridized carbons (Fsp3) is 0.471. The number of H-pyrrole nitrogens is 1. The van der Waals surface area contributed by atoms with Crippen molar-refractivity contribution in [2.24, 2.45) is 5.10 Å². The molecule has 0 bridgehead atoms. The van der Waals surface area contributed by atoms with Crippen molar-refractivity contribution in [3.8, 4) is 5.75 Å². The summed E-state index contributed by atoms with van der Waals surface area (Å²) in [5, 5.41) is 11.4. The van der Waals surface area contributed by atoms with Crippen LogP contribution in [0, 0.1) is 4.77 Å². The van der Waals surface area contributed by atoms with Crippen molar-refractivity contribution in [3.05, 3.63) is 40.4 Å². The summed E-state index contributed by atoms with van der Waals surface area (Å²) in [5.41, 5.74) is 0.975. The Hall–Kier alpha value is -1.95. The van der Waals surface area contributed by atoms with Gasteiger partial charge in [-0.3, -0.25) is 5.10 Å². The van der Waals surface area contributed by atoms with Crippen LogP contribution in [0.1, 0.15) is 50.9 Å². The van der Waals surface area contributed by atoms with Crippen LogP contribution in [-0.4, -0.2) is 27.7 Å². The predicted molar refractivity (Wildman–Crippen MR) is 95.9 cm³/mol. The normalized spacial score (nSPS) is 11.2. The first-order valence-electron chi connectivity index (χ1n) is 8.18. The molecule has 0 atom stereocenters. The molecule has 23 heavy (non-hydrogen) atoms. The van der Waals surface area contributed by atoms with E-state index in [1.807, 2.05) is 24.3 Å². The van der Waals surface area contributed by atoms with Crippen molar-refractivity contribution in [2.75, 3.05) is 6.61 Å². The predicted octanol–water partition coefficient (Wildman–Crippen LogP) is 4.34. The van der Waals surface area contributed by atoms with Gasteiger partial charge in [0.1, 0.15) is 5.75 Å². The summed E-state index contributed by atoms with van der Waals surface area (Å²) in [6, 6.07) is 7.91. The molecule has 0 aliphatic carbocycles. The second kappa shape index (κ2) is 9.25. The Balaban J connectivity index is 2.05. The van der Waals surface area contributed by atoms with Gasteiger partial charge in [-0.15, -0.1) is 0 Å². The summed E-state index contributed by atoms with van der Waals surface area (Å²) in [7, 11) is 0. The molecular formula is C17H24N4OS. The number of unbranched alkanes of at least 4 members (excludes halogenated alkanes) is 2. The third-order valence-electron chi connectivity index (χ3n) is 3.39. The lowest BCUT2D eigenvalue weighted by Gasteiger charge is -2.06. The molecule has 1 aromatic carbocycles. The highest BCUT2D eigenvalue weighted by Gasteiger charge is 2.03. The molecule has 0 saturated carbocycles. The van der Waals surface area contributed by atoms with Gasteiger partial charge in [-0.1, -0.05) is 38.8 Å². The fourth-order valence-electron chi connectivity index (χ4n) is 2.18. The first-order chi connectivity index (χ1) is 11.2.